The van der Waals surface area contributed by atoms with Crippen molar-refractivity contribution in [2.24, 2.45) is 0 Å². The van der Waals surface area contributed by atoms with Gasteiger partial charge in [0.15, 0.2) is 11.5 Å². The van der Waals surface area contributed by atoms with Crippen molar-refractivity contribution in [1.29, 1.82) is 0 Å². The van der Waals surface area contributed by atoms with Crippen LogP contribution < -0.4 is 20.1 Å². The van der Waals surface area contributed by atoms with Gasteiger partial charge in [-0.1, -0.05) is 18.2 Å². The largest absolute Gasteiger partial charge is 0.493 e. The summed E-state index contributed by atoms with van der Waals surface area (Å²) in [6.07, 6.45) is 0.792. The molecule has 3 aromatic rings. The first-order valence-corrected chi connectivity index (χ1v) is 10.7. The minimum atomic E-state index is -0.395. The van der Waals surface area contributed by atoms with Gasteiger partial charge in [-0.3, -0.25) is 4.79 Å². The van der Waals surface area contributed by atoms with E-state index in [9.17, 15) is 9.59 Å². The fourth-order valence-corrected chi connectivity index (χ4v) is 4.33. The number of amides is 3. The third kappa shape index (κ3) is 4.49. The fraction of sp³-hybridized carbons (Fsp3) is 0.217. The van der Waals surface area contributed by atoms with Crippen LogP contribution in [0.5, 0.6) is 11.5 Å². The summed E-state index contributed by atoms with van der Waals surface area (Å²) in [5, 5.41) is 7.55. The van der Waals surface area contributed by atoms with E-state index in [1.54, 1.807) is 25.3 Å². The Morgan fingerprint density at radius 3 is 2.61 bits per heavy atom. The lowest BCUT2D eigenvalue weighted by molar-refractivity contribution is 0.0739. The third-order valence-electron chi connectivity index (χ3n) is 5.15. The number of anilines is 2. The standard InChI is InChI=1S/C23H23N3O4S/c1-29-19-6-3-5-18(21(19)30-2)25-23(28)24-17-9-8-15-10-11-26(14-16(15)13-17)22(27)20-7-4-12-31-20/h3-9,12-13H,10-11,14H2,1-2H3,(H2,24,25,28). The van der Waals surface area contributed by atoms with Gasteiger partial charge in [0.1, 0.15) is 0 Å². The molecule has 0 spiro atoms. The molecule has 2 N–H and O–H groups in total. The van der Waals surface area contributed by atoms with Crippen LogP contribution in [0.4, 0.5) is 16.2 Å². The van der Waals surface area contributed by atoms with Crippen molar-refractivity contribution < 1.29 is 19.1 Å². The molecule has 0 unspecified atom stereocenters. The van der Waals surface area contributed by atoms with Crippen LogP contribution in [0, 0.1) is 0 Å². The molecule has 31 heavy (non-hydrogen) atoms. The van der Waals surface area contributed by atoms with Gasteiger partial charge in [-0.15, -0.1) is 11.3 Å². The van der Waals surface area contributed by atoms with Gasteiger partial charge in [0, 0.05) is 18.8 Å². The summed E-state index contributed by atoms with van der Waals surface area (Å²) < 4.78 is 10.6. The molecule has 8 heteroatoms. The Bertz CT molecular complexity index is 1100. The number of carbonyl (C=O) groups excluding carboxylic acids is 2. The van der Waals surface area contributed by atoms with Gasteiger partial charge < -0.3 is 25.0 Å². The fourth-order valence-electron chi connectivity index (χ4n) is 3.63. The molecule has 7 nitrogen and oxygen atoms in total. The second-order valence-electron chi connectivity index (χ2n) is 7.06. The van der Waals surface area contributed by atoms with Crippen LogP contribution in [-0.2, 0) is 13.0 Å². The number of urea groups is 1. The van der Waals surface area contributed by atoms with Crippen molar-refractivity contribution >= 4 is 34.6 Å². The molecule has 4 rings (SSSR count). The monoisotopic (exact) mass is 437 g/mol. The Labute approximate surface area is 184 Å². The maximum atomic E-state index is 12.7. The smallest absolute Gasteiger partial charge is 0.323 e. The van der Waals surface area contributed by atoms with Gasteiger partial charge in [-0.05, 0) is 53.3 Å². The van der Waals surface area contributed by atoms with E-state index in [-0.39, 0.29) is 5.91 Å². The molecule has 1 aliphatic rings. The van der Waals surface area contributed by atoms with Gasteiger partial charge in [-0.25, -0.2) is 4.79 Å². The first kappa shape index (κ1) is 20.7. The molecule has 0 fully saturated rings. The number of thiophene rings is 1. The van der Waals surface area contributed by atoms with Gasteiger partial charge in [0.2, 0.25) is 0 Å². The molecule has 160 valence electrons. The summed E-state index contributed by atoms with van der Waals surface area (Å²) in [7, 11) is 3.06. The Hall–Kier alpha value is -3.52. The van der Waals surface area contributed by atoms with Crippen molar-refractivity contribution in [3.8, 4) is 11.5 Å². The predicted octanol–water partition coefficient (Wildman–Crippen LogP) is 4.61. The first-order chi connectivity index (χ1) is 15.1. The summed E-state index contributed by atoms with van der Waals surface area (Å²) in [6, 6.07) is 14.4. The zero-order valence-corrected chi connectivity index (χ0v) is 18.1. The summed E-state index contributed by atoms with van der Waals surface area (Å²) >= 11 is 1.45. The summed E-state index contributed by atoms with van der Waals surface area (Å²) in [5.41, 5.74) is 3.39. The van der Waals surface area contributed by atoms with Gasteiger partial charge in [0.05, 0.1) is 24.8 Å². The maximum absolute atomic E-state index is 12.7. The highest BCUT2D eigenvalue weighted by molar-refractivity contribution is 7.12. The molecule has 0 saturated carbocycles. The molecule has 1 aliphatic heterocycles. The third-order valence-corrected chi connectivity index (χ3v) is 6.00. The van der Waals surface area contributed by atoms with Gasteiger partial charge >= 0.3 is 6.03 Å². The maximum Gasteiger partial charge on any atom is 0.323 e. The summed E-state index contributed by atoms with van der Waals surface area (Å²) in [6.45, 7) is 1.21. The second-order valence-corrected chi connectivity index (χ2v) is 8.01. The number of rotatable bonds is 5. The summed E-state index contributed by atoms with van der Waals surface area (Å²) in [5.74, 6) is 1.03. The highest BCUT2D eigenvalue weighted by atomic mass is 32.1. The molecular formula is C23H23N3O4S. The molecule has 0 atom stereocenters. The van der Waals surface area contributed by atoms with Crippen molar-refractivity contribution in [3.05, 3.63) is 69.9 Å². The van der Waals surface area contributed by atoms with E-state index in [0.29, 0.717) is 36.0 Å². The average molecular weight is 438 g/mol. The molecular weight excluding hydrogens is 414 g/mol. The molecule has 0 aliphatic carbocycles. The molecule has 3 amide bonds. The lowest BCUT2D eigenvalue weighted by atomic mass is 9.99. The second kappa shape index (κ2) is 9.09. The van der Waals surface area contributed by atoms with Crippen LogP contribution in [0.3, 0.4) is 0 Å². The lowest BCUT2D eigenvalue weighted by Crippen LogP contribution is -2.35. The van der Waals surface area contributed by atoms with Crippen molar-refractivity contribution in [2.45, 2.75) is 13.0 Å². The predicted molar refractivity (Wildman–Crippen MR) is 121 cm³/mol. The number of nitrogens with zero attached hydrogens (tertiary/aromatic N) is 1. The molecule has 2 aromatic carbocycles. The van der Waals surface area contributed by atoms with Crippen LogP contribution in [0.2, 0.25) is 0 Å². The Balaban J connectivity index is 1.46. The number of carbonyl (C=O) groups is 2. The molecule has 0 saturated heterocycles. The lowest BCUT2D eigenvalue weighted by Gasteiger charge is -2.29. The molecule has 2 heterocycles. The van der Waals surface area contributed by atoms with E-state index >= 15 is 0 Å². The first-order valence-electron chi connectivity index (χ1n) is 9.82. The van der Waals surface area contributed by atoms with Crippen LogP contribution >= 0.6 is 11.3 Å². The average Bonchev–Trinajstić information content (AvgIpc) is 3.32. The Morgan fingerprint density at radius 2 is 1.87 bits per heavy atom. The number of methoxy groups -OCH3 is 2. The highest BCUT2D eigenvalue weighted by Crippen LogP contribution is 2.34. The summed E-state index contributed by atoms with van der Waals surface area (Å²) in [4.78, 5) is 27.8. The normalized spacial score (nSPS) is 12.6. The van der Waals surface area contributed by atoms with E-state index in [0.717, 1.165) is 16.9 Å². The Morgan fingerprint density at radius 1 is 1.00 bits per heavy atom. The van der Waals surface area contributed by atoms with Gasteiger partial charge in [-0.2, -0.15) is 0 Å². The number of hydrogen-bond acceptors (Lipinski definition) is 5. The molecule has 0 radical (unpaired) electrons. The zero-order valence-electron chi connectivity index (χ0n) is 17.3. The topological polar surface area (TPSA) is 79.9 Å². The van der Waals surface area contributed by atoms with Crippen LogP contribution in [-0.4, -0.2) is 37.6 Å². The quantitative estimate of drug-likeness (QED) is 0.611. The van der Waals surface area contributed by atoms with E-state index in [2.05, 4.69) is 10.6 Å². The van der Waals surface area contributed by atoms with E-state index in [1.165, 1.54) is 24.0 Å². The van der Waals surface area contributed by atoms with Gasteiger partial charge in [0.25, 0.3) is 5.91 Å². The molecule has 1 aromatic heterocycles. The number of ether oxygens (including phenoxy) is 2. The zero-order chi connectivity index (χ0) is 21.8. The van der Waals surface area contributed by atoms with Crippen molar-refractivity contribution in [2.75, 3.05) is 31.4 Å². The van der Waals surface area contributed by atoms with Crippen LogP contribution in [0.25, 0.3) is 0 Å². The van der Waals surface area contributed by atoms with E-state index in [4.69, 9.17) is 9.47 Å². The van der Waals surface area contributed by atoms with Crippen LogP contribution in [0.15, 0.2) is 53.9 Å². The van der Waals surface area contributed by atoms with Crippen molar-refractivity contribution in [1.82, 2.24) is 4.90 Å². The highest BCUT2D eigenvalue weighted by Gasteiger charge is 2.23. The minimum absolute atomic E-state index is 0.0434. The number of hydrogen-bond donors (Lipinski definition) is 2. The number of para-hydroxylation sites is 1. The SMILES string of the molecule is COc1cccc(NC(=O)Nc2ccc3c(c2)CN(C(=O)c2cccs2)CC3)c1OC. The van der Waals surface area contributed by atoms with Crippen LogP contribution in [0.1, 0.15) is 20.8 Å². The molecule has 0 bridgehead atoms. The van der Waals surface area contributed by atoms with Crippen molar-refractivity contribution in [3.63, 3.8) is 0 Å². The van der Waals surface area contributed by atoms with E-state index in [1.807, 2.05) is 40.6 Å². The number of nitrogens with one attached hydrogen (secondary N) is 2. The number of fused-ring (bicyclic) bond motifs is 1. The minimum Gasteiger partial charge on any atom is -0.493 e. The Kier molecular flexibility index (Phi) is 6.08. The van der Waals surface area contributed by atoms with E-state index < -0.39 is 6.03 Å². The number of benzene rings is 2.